The van der Waals surface area contributed by atoms with Crippen LogP contribution in [-0.2, 0) is 32.7 Å². The first-order chi connectivity index (χ1) is 26.8. The molecule has 0 bridgehead atoms. The van der Waals surface area contributed by atoms with Gasteiger partial charge >= 0.3 is 19.8 Å². The summed E-state index contributed by atoms with van der Waals surface area (Å²) in [5.74, 6) is -1.04. The Morgan fingerprint density at radius 3 is 1.25 bits per heavy atom. The summed E-state index contributed by atoms with van der Waals surface area (Å²) in [4.78, 5) is 34.4. The van der Waals surface area contributed by atoms with Crippen LogP contribution in [0.4, 0.5) is 0 Å². The molecule has 318 valence electrons. The molecule has 0 aromatic rings. The molecular weight excluding hydrogens is 719 g/mol. The Labute approximate surface area is 334 Å². The van der Waals surface area contributed by atoms with E-state index in [2.05, 4.69) is 74.6 Å². The Balaban J connectivity index is 3.93. The molecule has 0 saturated carbocycles. The van der Waals surface area contributed by atoms with Crippen molar-refractivity contribution in [1.82, 2.24) is 0 Å². The number of phosphoric acid groups is 1. The van der Waals surface area contributed by atoms with Gasteiger partial charge in [0.25, 0.3) is 0 Å². The third kappa shape index (κ3) is 38.3. The van der Waals surface area contributed by atoms with Crippen molar-refractivity contribution in [3.8, 4) is 0 Å². The molecule has 0 aromatic heterocycles. The van der Waals surface area contributed by atoms with Crippen LogP contribution in [0.2, 0.25) is 0 Å². The average molecular weight is 797 g/mol. The Morgan fingerprint density at radius 2 is 0.855 bits per heavy atom. The van der Waals surface area contributed by atoms with Crippen molar-refractivity contribution >= 4 is 19.8 Å². The Hall–Kier alpha value is -2.33. The van der Waals surface area contributed by atoms with Gasteiger partial charge in [-0.3, -0.25) is 18.6 Å². The van der Waals surface area contributed by atoms with Crippen LogP contribution >= 0.6 is 7.82 Å². The molecule has 0 aliphatic rings. The van der Waals surface area contributed by atoms with Crippen LogP contribution in [0.1, 0.15) is 168 Å². The lowest BCUT2D eigenvalue weighted by molar-refractivity contribution is -0.153. The lowest BCUT2D eigenvalue weighted by Crippen LogP contribution is -2.28. The van der Waals surface area contributed by atoms with Crippen LogP contribution in [0.3, 0.4) is 0 Å². The molecule has 0 aromatic carbocycles. The van der Waals surface area contributed by atoms with E-state index in [1.54, 1.807) is 0 Å². The number of rotatable bonds is 39. The topological polar surface area (TPSA) is 149 Å². The first-order valence-electron chi connectivity index (χ1n) is 21.2. The molecule has 0 radical (unpaired) electrons. The van der Waals surface area contributed by atoms with Crippen LogP contribution in [0.15, 0.2) is 60.8 Å². The van der Waals surface area contributed by atoms with Crippen LogP contribution < -0.4 is 0 Å². The minimum absolute atomic E-state index is 0.179. The van der Waals surface area contributed by atoms with E-state index in [1.807, 2.05) is 0 Å². The summed E-state index contributed by atoms with van der Waals surface area (Å²) >= 11 is 0. The van der Waals surface area contributed by atoms with E-state index < -0.39 is 58.4 Å². The van der Waals surface area contributed by atoms with Crippen LogP contribution in [0.25, 0.3) is 0 Å². The molecule has 55 heavy (non-hydrogen) atoms. The van der Waals surface area contributed by atoms with Gasteiger partial charge in [-0.15, -0.1) is 0 Å². The van der Waals surface area contributed by atoms with E-state index >= 15 is 0 Å². The molecule has 3 N–H and O–H groups in total. The van der Waals surface area contributed by atoms with E-state index in [1.165, 1.54) is 38.5 Å². The van der Waals surface area contributed by atoms with Crippen molar-refractivity contribution in [2.24, 2.45) is 0 Å². The number of aliphatic hydroxyl groups is 2. The molecule has 0 saturated heterocycles. The number of hydrogen-bond acceptors (Lipinski definition) is 9. The highest BCUT2D eigenvalue weighted by molar-refractivity contribution is 7.47. The van der Waals surface area contributed by atoms with Crippen molar-refractivity contribution in [2.45, 2.75) is 180 Å². The van der Waals surface area contributed by atoms with Crippen molar-refractivity contribution in [2.75, 3.05) is 26.4 Å². The Kier molecular flexibility index (Phi) is 38.2. The second-order valence-corrected chi connectivity index (χ2v) is 15.4. The van der Waals surface area contributed by atoms with Crippen molar-refractivity contribution in [1.29, 1.82) is 0 Å². The number of phosphoric ester groups is 1. The van der Waals surface area contributed by atoms with Gasteiger partial charge in [-0.2, -0.15) is 0 Å². The summed E-state index contributed by atoms with van der Waals surface area (Å²) in [6.07, 6.45) is 43.4. The highest BCUT2D eigenvalue weighted by atomic mass is 31.2. The van der Waals surface area contributed by atoms with Gasteiger partial charge in [0.2, 0.25) is 0 Å². The molecule has 3 atom stereocenters. The average Bonchev–Trinajstić information content (AvgIpc) is 3.17. The second-order valence-electron chi connectivity index (χ2n) is 13.9. The maximum Gasteiger partial charge on any atom is 0.472 e. The summed E-state index contributed by atoms with van der Waals surface area (Å²) in [5.41, 5.74) is 0. The minimum atomic E-state index is -4.64. The Morgan fingerprint density at radius 1 is 0.509 bits per heavy atom. The molecule has 0 amide bonds. The van der Waals surface area contributed by atoms with Gasteiger partial charge in [-0.1, -0.05) is 145 Å². The number of allylic oxidation sites excluding steroid dienone is 10. The molecule has 0 spiro atoms. The molecule has 3 unspecified atom stereocenters. The SMILES string of the molecule is CC/C=C\C/C=C\C/C=C\C/C=C\CCCCCCCCCCC(=O)OC(CO)COP(=O)(O)OCC(CO)OC(=O)CCCCCCC/C=C\CCCC. The molecule has 0 fully saturated rings. The fourth-order valence-electron chi connectivity index (χ4n) is 5.44. The third-order valence-corrected chi connectivity index (χ3v) is 9.66. The summed E-state index contributed by atoms with van der Waals surface area (Å²) in [5, 5.41) is 19.1. The Bertz CT molecular complexity index is 1100. The molecule has 11 heteroatoms. The largest absolute Gasteiger partial charge is 0.472 e. The first-order valence-corrected chi connectivity index (χ1v) is 22.7. The zero-order valence-corrected chi connectivity index (χ0v) is 35.3. The lowest BCUT2D eigenvalue weighted by Gasteiger charge is -2.20. The van der Waals surface area contributed by atoms with Gasteiger partial charge in [0.15, 0.2) is 0 Å². The summed E-state index contributed by atoms with van der Waals surface area (Å²) in [7, 11) is -4.64. The van der Waals surface area contributed by atoms with E-state index in [0.29, 0.717) is 12.8 Å². The predicted molar refractivity (Wildman–Crippen MR) is 224 cm³/mol. The number of hydrogen-bond donors (Lipinski definition) is 3. The van der Waals surface area contributed by atoms with Crippen molar-refractivity contribution in [3.63, 3.8) is 0 Å². The van der Waals surface area contributed by atoms with E-state index in [4.69, 9.17) is 18.5 Å². The number of esters is 2. The van der Waals surface area contributed by atoms with Gasteiger partial charge in [0.1, 0.15) is 12.2 Å². The number of ether oxygens (including phenoxy) is 2. The highest BCUT2D eigenvalue weighted by Gasteiger charge is 2.27. The molecule has 0 rings (SSSR count). The van der Waals surface area contributed by atoms with Gasteiger partial charge < -0.3 is 24.6 Å². The third-order valence-electron chi connectivity index (χ3n) is 8.71. The molecular formula is C44H77O10P. The molecule has 0 aliphatic carbocycles. The van der Waals surface area contributed by atoms with Gasteiger partial charge in [-0.05, 0) is 70.6 Å². The zero-order valence-electron chi connectivity index (χ0n) is 34.4. The normalized spacial score (nSPS) is 14.5. The van der Waals surface area contributed by atoms with Crippen molar-refractivity contribution in [3.05, 3.63) is 60.8 Å². The maximum absolute atomic E-state index is 12.3. The quantitative estimate of drug-likeness (QED) is 0.0237. The van der Waals surface area contributed by atoms with E-state index in [9.17, 15) is 29.3 Å². The summed E-state index contributed by atoms with van der Waals surface area (Å²) < 4.78 is 32.5. The van der Waals surface area contributed by atoms with Crippen LogP contribution in [0, 0.1) is 0 Å². The molecule has 0 aliphatic heterocycles. The van der Waals surface area contributed by atoms with Gasteiger partial charge in [-0.25, -0.2) is 4.57 Å². The monoisotopic (exact) mass is 797 g/mol. The minimum Gasteiger partial charge on any atom is -0.457 e. The summed E-state index contributed by atoms with van der Waals surface area (Å²) in [6, 6.07) is 0. The number of aliphatic hydroxyl groups excluding tert-OH is 2. The fourth-order valence-corrected chi connectivity index (χ4v) is 6.22. The van der Waals surface area contributed by atoms with Gasteiger partial charge in [0, 0.05) is 12.8 Å². The van der Waals surface area contributed by atoms with Crippen molar-refractivity contribution < 1.29 is 47.8 Å². The predicted octanol–water partition coefficient (Wildman–Crippen LogP) is 11.1. The number of unbranched alkanes of at least 4 members (excludes halogenated alkanes) is 15. The standard InChI is InChI=1S/C44H77O10P/c1-3-5-7-9-11-13-15-16-17-18-19-20-21-22-23-24-26-28-30-32-34-36-44(48)54-42(38-46)40-52-55(49,50)51-39-41(37-45)53-43(47)35-33-31-29-27-25-14-12-10-8-6-4-2/h5,7,10-13,16-17,19-20,41-42,45-46H,3-4,6,8-9,14-15,18,21-40H2,1-2H3,(H,49,50)/b7-5-,12-10-,13-11-,17-16-,20-19-. The first kappa shape index (κ1) is 52.7. The van der Waals surface area contributed by atoms with Crippen LogP contribution in [0.5, 0.6) is 0 Å². The van der Waals surface area contributed by atoms with E-state index in [-0.39, 0.29) is 12.8 Å². The molecule has 0 heterocycles. The van der Waals surface area contributed by atoms with E-state index in [0.717, 1.165) is 89.9 Å². The van der Waals surface area contributed by atoms with Gasteiger partial charge in [0.05, 0.1) is 26.4 Å². The zero-order chi connectivity index (χ0) is 40.5. The second kappa shape index (κ2) is 39.9. The lowest BCUT2D eigenvalue weighted by atomic mass is 10.1. The number of carbonyl (C=O) groups is 2. The number of carbonyl (C=O) groups excluding carboxylic acids is 2. The maximum atomic E-state index is 12.3. The summed E-state index contributed by atoms with van der Waals surface area (Å²) in [6.45, 7) is 2.02. The van der Waals surface area contributed by atoms with Crippen LogP contribution in [-0.4, -0.2) is 65.7 Å². The smallest absolute Gasteiger partial charge is 0.457 e. The molecule has 10 nitrogen and oxygen atoms in total. The highest BCUT2D eigenvalue weighted by Crippen LogP contribution is 2.43. The fraction of sp³-hybridized carbons (Fsp3) is 0.727.